The summed E-state index contributed by atoms with van der Waals surface area (Å²) in [4.78, 5) is 21.3. The Hall–Kier alpha value is -2.41. The Labute approximate surface area is 157 Å². The first kappa shape index (κ1) is 18.4. The number of hydrogen-bond donors (Lipinski definition) is 1. The number of hydrogen-bond acceptors (Lipinski definition) is 5. The van der Waals surface area contributed by atoms with Crippen molar-refractivity contribution < 1.29 is 4.79 Å². The third-order valence-corrected chi connectivity index (χ3v) is 5.03. The Morgan fingerprint density at radius 2 is 1.96 bits per heavy atom. The van der Waals surface area contributed by atoms with Crippen LogP contribution in [0, 0.1) is 13.8 Å². The van der Waals surface area contributed by atoms with Crippen LogP contribution in [0.5, 0.6) is 0 Å². The first-order valence-electron chi connectivity index (χ1n) is 8.60. The van der Waals surface area contributed by atoms with Gasteiger partial charge >= 0.3 is 0 Å². The molecule has 136 valence electrons. The lowest BCUT2D eigenvalue weighted by Gasteiger charge is -2.15. The van der Waals surface area contributed by atoms with Crippen LogP contribution in [0.1, 0.15) is 41.9 Å². The Morgan fingerprint density at radius 3 is 2.65 bits per heavy atom. The normalized spacial score (nSPS) is 12.3. The number of thioether (sulfide) groups is 1. The molecule has 1 amide bonds. The van der Waals surface area contributed by atoms with Gasteiger partial charge in [0.2, 0.25) is 11.1 Å². The van der Waals surface area contributed by atoms with Crippen molar-refractivity contribution in [2.45, 2.75) is 44.8 Å². The summed E-state index contributed by atoms with van der Waals surface area (Å²) in [6.07, 6.45) is 2.98. The highest BCUT2D eigenvalue weighted by Crippen LogP contribution is 2.18. The lowest BCUT2D eigenvalue weighted by atomic mass is 10.1. The molecular weight excluding hydrogens is 346 g/mol. The molecule has 3 rings (SSSR count). The first-order valence-corrected chi connectivity index (χ1v) is 9.83. The number of benzene rings is 1. The average molecular weight is 369 g/mol. The van der Waals surface area contributed by atoms with Crippen molar-refractivity contribution in [3.8, 4) is 0 Å². The Balaban J connectivity index is 1.70. The van der Waals surface area contributed by atoms with Gasteiger partial charge in [-0.25, -0.2) is 9.50 Å². The SMILES string of the molecule is CSc1nc2nc(C)c(CCC(=O)N[C@@H](C)c3ccccc3)c(C)n2n1. The van der Waals surface area contributed by atoms with Crippen LogP contribution in [-0.4, -0.2) is 31.7 Å². The van der Waals surface area contributed by atoms with E-state index in [2.05, 4.69) is 20.4 Å². The summed E-state index contributed by atoms with van der Waals surface area (Å²) in [5, 5.41) is 8.21. The van der Waals surface area contributed by atoms with Gasteiger partial charge in [-0.1, -0.05) is 42.1 Å². The molecule has 1 aromatic carbocycles. The molecule has 0 aliphatic rings. The summed E-state index contributed by atoms with van der Waals surface area (Å²) in [6.45, 7) is 5.96. The molecule has 0 saturated carbocycles. The third kappa shape index (κ3) is 3.88. The van der Waals surface area contributed by atoms with E-state index in [1.807, 2.05) is 57.4 Å². The van der Waals surface area contributed by atoms with E-state index in [0.29, 0.717) is 23.8 Å². The van der Waals surface area contributed by atoms with Gasteiger partial charge in [0.15, 0.2) is 0 Å². The number of nitrogens with zero attached hydrogens (tertiary/aromatic N) is 4. The molecule has 0 spiro atoms. The molecule has 0 bridgehead atoms. The number of carbonyl (C=O) groups excluding carboxylic acids is 1. The van der Waals surface area contributed by atoms with Crippen LogP contribution in [-0.2, 0) is 11.2 Å². The number of aryl methyl sites for hydroxylation is 2. The van der Waals surface area contributed by atoms with E-state index in [0.717, 1.165) is 22.5 Å². The summed E-state index contributed by atoms with van der Waals surface area (Å²) in [6, 6.07) is 9.96. The van der Waals surface area contributed by atoms with Crippen molar-refractivity contribution in [1.29, 1.82) is 0 Å². The highest BCUT2D eigenvalue weighted by molar-refractivity contribution is 7.98. The van der Waals surface area contributed by atoms with Gasteiger partial charge in [-0.05, 0) is 44.6 Å². The zero-order valence-electron chi connectivity index (χ0n) is 15.5. The fraction of sp³-hybridized carbons (Fsp3) is 0.368. The van der Waals surface area contributed by atoms with Crippen LogP contribution in [0.4, 0.5) is 0 Å². The van der Waals surface area contributed by atoms with Crippen molar-refractivity contribution in [3.05, 3.63) is 52.8 Å². The van der Waals surface area contributed by atoms with E-state index in [1.54, 1.807) is 4.52 Å². The smallest absolute Gasteiger partial charge is 0.253 e. The minimum Gasteiger partial charge on any atom is -0.350 e. The summed E-state index contributed by atoms with van der Waals surface area (Å²) in [7, 11) is 0. The van der Waals surface area contributed by atoms with Gasteiger partial charge in [0.25, 0.3) is 5.78 Å². The number of carbonyl (C=O) groups is 1. The highest BCUT2D eigenvalue weighted by Gasteiger charge is 2.15. The maximum absolute atomic E-state index is 12.4. The van der Waals surface area contributed by atoms with Gasteiger partial charge in [-0.3, -0.25) is 4.79 Å². The number of aromatic nitrogens is 4. The molecule has 6 nitrogen and oxygen atoms in total. The molecule has 7 heteroatoms. The molecular formula is C19H23N5OS. The van der Waals surface area contributed by atoms with Crippen molar-refractivity contribution in [2.24, 2.45) is 0 Å². The van der Waals surface area contributed by atoms with E-state index in [4.69, 9.17) is 0 Å². The standard InChI is InChI=1S/C19H23N5OS/c1-12(15-8-6-5-7-9-15)20-17(25)11-10-16-13(2)21-18-22-19(26-4)23-24(18)14(16)3/h5-9,12H,10-11H2,1-4H3,(H,20,25)/t12-/m0/s1. The summed E-state index contributed by atoms with van der Waals surface area (Å²) >= 11 is 1.49. The Bertz CT molecular complexity index is 923. The number of rotatable bonds is 6. The van der Waals surface area contributed by atoms with Crippen molar-refractivity contribution in [1.82, 2.24) is 24.9 Å². The second kappa shape index (κ2) is 7.86. The highest BCUT2D eigenvalue weighted by atomic mass is 32.2. The lowest BCUT2D eigenvalue weighted by Crippen LogP contribution is -2.27. The van der Waals surface area contributed by atoms with Gasteiger partial charge in [-0.2, -0.15) is 4.98 Å². The van der Waals surface area contributed by atoms with Crippen LogP contribution in [0.2, 0.25) is 0 Å². The van der Waals surface area contributed by atoms with E-state index >= 15 is 0 Å². The summed E-state index contributed by atoms with van der Waals surface area (Å²) in [5.41, 5.74) is 4.05. The predicted octanol–water partition coefficient (Wildman–Crippen LogP) is 3.27. The first-order chi connectivity index (χ1) is 12.5. The quantitative estimate of drug-likeness (QED) is 0.675. The van der Waals surface area contributed by atoms with Crippen molar-refractivity contribution >= 4 is 23.4 Å². The molecule has 26 heavy (non-hydrogen) atoms. The Kier molecular flexibility index (Phi) is 5.56. The van der Waals surface area contributed by atoms with Gasteiger partial charge in [0.1, 0.15) is 0 Å². The van der Waals surface area contributed by atoms with Gasteiger partial charge in [0, 0.05) is 17.8 Å². The van der Waals surface area contributed by atoms with Gasteiger partial charge < -0.3 is 5.32 Å². The van der Waals surface area contributed by atoms with E-state index in [9.17, 15) is 4.79 Å². The molecule has 0 aliphatic carbocycles. The average Bonchev–Trinajstić information content (AvgIpc) is 3.05. The maximum atomic E-state index is 12.4. The predicted molar refractivity (Wildman–Crippen MR) is 103 cm³/mol. The number of fused-ring (bicyclic) bond motifs is 1. The van der Waals surface area contributed by atoms with Crippen LogP contribution < -0.4 is 5.32 Å². The zero-order valence-corrected chi connectivity index (χ0v) is 16.3. The van der Waals surface area contributed by atoms with Crippen LogP contribution in [0.3, 0.4) is 0 Å². The molecule has 2 heterocycles. The fourth-order valence-corrected chi connectivity index (χ4v) is 3.35. The molecule has 0 saturated heterocycles. The summed E-state index contributed by atoms with van der Waals surface area (Å²) < 4.78 is 1.76. The monoisotopic (exact) mass is 369 g/mol. The topological polar surface area (TPSA) is 72.2 Å². The third-order valence-electron chi connectivity index (χ3n) is 4.49. The molecule has 2 aromatic heterocycles. The zero-order chi connectivity index (χ0) is 18.7. The second-order valence-corrected chi connectivity index (χ2v) is 7.04. The molecule has 0 unspecified atom stereocenters. The minimum atomic E-state index is -0.00838. The van der Waals surface area contributed by atoms with Crippen molar-refractivity contribution in [3.63, 3.8) is 0 Å². The molecule has 3 aromatic rings. The van der Waals surface area contributed by atoms with Crippen molar-refractivity contribution in [2.75, 3.05) is 6.26 Å². The maximum Gasteiger partial charge on any atom is 0.253 e. The van der Waals surface area contributed by atoms with E-state index < -0.39 is 0 Å². The minimum absolute atomic E-state index is 0.00838. The van der Waals surface area contributed by atoms with E-state index in [-0.39, 0.29) is 11.9 Å². The van der Waals surface area contributed by atoms with Crippen LogP contribution in [0.25, 0.3) is 5.78 Å². The van der Waals surface area contributed by atoms with Crippen LogP contribution in [0.15, 0.2) is 35.5 Å². The number of nitrogens with one attached hydrogen (secondary N) is 1. The largest absolute Gasteiger partial charge is 0.350 e. The second-order valence-electron chi connectivity index (χ2n) is 6.27. The molecule has 0 aliphatic heterocycles. The van der Waals surface area contributed by atoms with E-state index in [1.165, 1.54) is 11.8 Å². The number of amides is 1. The Morgan fingerprint density at radius 1 is 1.23 bits per heavy atom. The lowest BCUT2D eigenvalue weighted by molar-refractivity contribution is -0.121. The molecule has 0 fully saturated rings. The van der Waals surface area contributed by atoms with Crippen LogP contribution >= 0.6 is 11.8 Å². The summed E-state index contributed by atoms with van der Waals surface area (Å²) in [5.74, 6) is 0.638. The molecule has 0 radical (unpaired) electrons. The fourth-order valence-electron chi connectivity index (χ4n) is 3.02. The molecule has 1 N–H and O–H groups in total. The molecule has 1 atom stereocenters. The van der Waals surface area contributed by atoms with Gasteiger partial charge in [-0.15, -0.1) is 5.10 Å². The van der Waals surface area contributed by atoms with Gasteiger partial charge in [0.05, 0.1) is 6.04 Å².